The summed E-state index contributed by atoms with van der Waals surface area (Å²) in [6.07, 6.45) is 2.80. The van der Waals surface area contributed by atoms with Crippen molar-refractivity contribution < 1.29 is 17.5 Å². The van der Waals surface area contributed by atoms with E-state index in [4.69, 9.17) is 4.74 Å². The molecule has 21 heavy (non-hydrogen) atoms. The molecule has 2 aromatic rings. The van der Waals surface area contributed by atoms with Crippen LogP contribution in [0.3, 0.4) is 0 Å². The summed E-state index contributed by atoms with van der Waals surface area (Å²) >= 11 is 0. The van der Waals surface area contributed by atoms with Gasteiger partial charge >= 0.3 is 0 Å². The summed E-state index contributed by atoms with van der Waals surface area (Å²) in [6, 6.07) is 4.39. The molecule has 0 bridgehead atoms. The predicted molar refractivity (Wildman–Crippen MR) is 79.1 cm³/mol. The summed E-state index contributed by atoms with van der Waals surface area (Å²) in [7, 11) is -2.34. The van der Waals surface area contributed by atoms with E-state index in [0.717, 1.165) is 0 Å². The largest absolute Gasteiger partial charge is 0.383 e. The lowest BCUT2D eigenvalue weighted by Gasteiger charge is -2.19. The second kappa shape index (κ2) is 6.38. The minimum absolute atomic E-state index is 0.0731. The SMILES string of the molecule is C=CCN(CCOC)S(=O)(=O)c1c[nH]c2cccc(F)c12. The number of halogens is 1. The third kappa shape index (κ3) is 2.99. The summed E-state index contributed by atoms with van der Waals surface area (Å²) in [5.74, 6) is -0.572. The molecule has 1 heterocycles. The Hall–Kier alpha value is -1.70. The lowest BCUT2D eigenvalue weighted by atomic mass is 10.2. The first-order valence-corrected chi connectivity index (χ1v) is 7.82. The van der Waals surface area contributed by atoms with Gasteiger partial charge in [0.25, 0.3) is 0 Å². The summed E-state index contributed by atoms with van der Waals surface area (Å²) in [6.45, 7) is 4.11. The van der Waals surface area contributed by atoms with Crippen molar-refractivity contribution in [3.05, 3.63) is 42.9 Å². The summed E-state index contributed by atoms with van der Waals surface area (Å²) in [5, 5.41) is 0.0731. The van der Waals surface area contributed by atoms with Crippen LogP contribution in [0.1, 0.15) is 0 Å². The molecule has 0 amide bonds. The fourth-order valence-electron chi connectivity index (χ4n) is 2.10. The third-order valence-corrected chi connectivity index (χ3v) is 5.00. The fraction of sp³-hybridized carbons (Fsp3) is 0.286. The van der Waals surface area contributed by atoms with Gasteiger partial charge in [-0.3, -0.25) is 0 Å². The number of methoxy groups -OCH3 is 1. The van der Waals surface area contributed by atoms with Crippen LogP contribution in [0, 0.1) is 5.82 Å². The number of nitrogens with one attached hydrogen (secondary N) is 1. The van der Waals surface area contributed by atoms with E-state index in [-0.39, 0.29) is 30.0 Å². The lowest BCUT2D eigenvalue weighted by molar-refractivity contribution is 0.182. The monoisotopic (exact) mass is 312 g/mol. The number of H-pyrrole nitrogens is 1. The Morgan fingerprint density at radius 3 is 2.90 bits per heavy atom. The maximum absolute atomic E-state index is 14.0. The second-order valence-corrected chi connectivity index (χ2v) is 6.37. The zero-order chi connectivity index (χ0) is 15.5. The smallest absolute Gasteiger partial charge is 0.245 e. The van der Waals surface area contributed by atoms with Crippen molar-refractivity contribution in [2.24, 2.45) is 0 Å². The van der Waals surface area contributed by atoms with E-state index < -0.39 is 15.8 Å². The van der Waals surface area contributed by atoms with E-state index in [1.54, 1.807) is 6.07 Å². The topological polar surface area (TPSA) is 62.4 Å². The number of rotatable bonds is 7. The van der Waals surface area contributed by atoms with Crippen molar-refractivity contribution in [3.8, 4) is 0 Å². The van der Waals surface area contributed by atoms with E-state index in [9.17, 15) is 12.8 Å². The van der Waals surface area contributed by atoms with Crippen molar-refractivity contribution in [1.82, 2.24) is 9.29 Å². The summed E-state index contributed by atoms with van der Waals surface area (Å²) < 4.78 is 45.5. The molecule has 1 aromatic heterocycles. The maximum atomic E-state index is 14.0. The number of fused-ring (bicyclic) bond motifs is 1. The summed E-state index contributed by atoms with van der Waals surface area (Å²) in [5.41, 5.74) is 0.443. The zero-order valence-corrected chi connectivity index (χ0v) is 12.5. The van der Waals surface area contributed by atoms with Crippen molar-refractivity contribution in [3.63, 3.8) is 0 Å². The molecular weight excluding hydrogens is 295 g/mol. The van der Waals surface area contributed by atoms with E-state index >= 15 is 0 Å². The Kier molecular flexibility index (Phi) is 4.76. The Bertz CT molecular complexity index is 740. The highest BCUT2D eigenvalue weighted by atomic mass is 32.2. The molecule has 7 heteroatoms. The maximum Gasteiger partial charge on any atom is 0.245 e. The van der Waals surface area contributed by atoms with Crippen LogP contribution in [0.5, 0.6) is 0 Å². The summed E-state index contributed by atoms with van der Waals surface area (Å²) in [4.78, 5) is 2.71. The van der Waals surface area contributed by atoms with Gasteiger partial charge < -0.3 is 9.72 Å². The zero-order valence-electron chi connectivity index (χ0n) is 11.7. The number of hydrogen-bond acceptors (Lipinski definition) is 3. The minimum atomic E-state index is -3.83. The van der Waals surface area contributed by atoms with Gasteiger partial charge in [0.1, 0.15) is 10.7 Å². The van der Waals surface area contributed by atoms with E-state index in [2.05, 4.69) is 11.6 Å². The molecule has 1 aromatic carbocycles. The minimum Gasteiger partial charge on any atom is -0.383 e. The molecule has 1 N–H and O–H groups in total. The van der Waals surface area contributed by atoms with Gasteiger partial charge in [0, 0.05) is 31.9 Å². The van der Waals surface area contributed by atoms with Crippen LogP contribution in [0.4, 0.5) is 4.39 Å². The molecule has 0 aliphatic carbocycles. The van der Waals surface area contributed by atoms with Gasteiger partial charge in [-0.05, 0) is 12.1 Å². The van der Waals surface area contributed by atoms with Gasteiger partial charge in [-0.25, -0.2) is 12.8 Å². The molecule has 0 saturated carbocycles. The number of ether oxygens (including phenoxy) is 1. The van der Waals surface area contributed by atoms with Gasteiger partial charge in [-0.15, -0.1) is 6.58 Å². The van der Waals surface area contributed by atoms with Crippen LogP contribution in [-0.4, -0.2) is 44.5 Å². The number of sulfonamides is 1. The quantitative estimate of drug-likeness (QED) is 0.797. The van der Waals surface area contributed by atoms with Gasteiger partial charge in [-0.1, -0.05) is 12.1 Å². The van der Waals surface area contributed by atoms with Gasteiger partial charge in [0.05, 0.1) is 12.0 Å². The highest BCUT2D eigenvalue weighted by Crippen LogP contribution is 2.27. The molecule has 0 atom stereocenters. The first-order valence-electron chi connectivity index (χ1n) is 6.38. The highest BCUT2D eigenvalue weighted by molar-refractivity contribution is 7.89. The van der Waals surface area contributed by atoms with Crippen molar-refractivity contribution >= 4 is 20.9 Å². The van der Waals surface area contributed by atoms with E-state index in [1.165, 1.54) is 35.8 Å². The standard InChI is InChI=1S/C14H17FN2O3S/c1-3-7-17(8-9-20-2)21(18,19)13-10-16-12-6-4-5-11(15)14(12)13/h3-6,10,16H,1,7-9H2,2H3. The first kappa shape index (κ1) is 15.7. The Labute approximate surface area is 123 Å². The highest BCUT2D eigenvalue weighted by Gasteiger charge is 2.27. The predicted octanol–water partition coefficient (Wildman–Crippen LogP) is 2.13. The molecule has 2 rings (SSSR count). The Morgan fingerprint density at radius 2 is 2.24 bits per heavy atom. The van der Waals surface area contributed by atoms with E-state index in [0.29, 0.717) is 5.52 Å². The van der Waals surface area contributed by atoms with Crippen LogP contribution >= 0.6 is 0 Å². The number of aromatic amines is 1. The van der Waals surface area contributed by atoms with Crippen molar-refractivity contribution in [2.45, 2.75) is 4.90 Å². The number of benzene rings is 1. The lowest BCUT2D eigenvalue weighted by Crippen LogP contribution is -2.34. The fourth-order valence-corrected chi connectivity index (χ4v) is 3.67. The molecule has 0 unspecified atom stereocenters. The molecule has 0 fully saturated rings. The first-order chi connectivity index (χ1) is 10.0. The van der Waals surface area contributed by atoms with Gasteiger partial charge in [0.15, 0.2) is 0 Å². The third-order valence-electron chi connectivity index (χ3n) is 3.11. The molecule has 0 aliphatic heterocycles. The number of aromatic nitrogens is 1. The molecule has 0 saturated heterocycles. The molecule has 0 radical (unpaired) electrons. The van der Waals surface area contributed by atoms with Crippen LogP contribution in [0.25, 0.3) is 10.9 Å². The normalized spacial score (nSPS) is 12.1. The van der Waals surface area contributed by atoms with Crippen LogP contribution < -0.4 is 0 Å². The van der Waals surface area contributed by atoms with E-state index in [1.807, 2.05) is 0 Å². The molecular formula is C14H17FN2O3S. The molecule has 0 aliphatic rings. The van der Waals surface area contributed by atoms with Gasteiger partial charge in [-0.2, -0.15) is 4.31 Å². The van der Waals surface area contributed by atoms with Gasteiger partial charge in [0.2, 0.25) is 10.0 Å². The second-order valence-electron chi connectivity index (χ2n) is 4.46. The Morgan fingerprint density at radius 1 is 1.48 bits per heavy atom. The number of nitrogens with zero attached hydrogens (tertiary/aromatic N) is 1. The van der Waals surface area contributed by atoms with Crippen molar-refractivity contribution in [2.75, 3.05) is 26.8 Å². The Balaban J connectivity index is 2.51. The average molecular weight is 312 g/mol. The van der Waals surface area contributed by atoms with Crippen LogP contribution in [0.15, 0.2) is 41.9 Å². The molecule has 0 spiro atoms. The molecule has 5 nitrogen and oxygen atoms in total. The van der Waals surface area contributed by atoms with Crippen molar-refractivity contribution in [1.29, 1.82) is 0 Å². The molecule has 114 valence electrons. The number of hydrogen-bond donors (Lipinski definition) is 1. The van der Waals surface area contributed by atoms with Crippen LogP contribution in [-0.2, 0) is 14.8 Å². The average Bonchev–Trinajstić information content (AvgIpc) is 2.89. The van der Waals surface area contributed by atoms with Crippen LogP contribution in [0.2, 0.25) is 0 Å².